The van der Waals surface area contributed by atoms with Crippen molar-refractivity contribution in [3.05, 3.63) is 29.3 Å². The minimum atomic E-state index is -3.87. The summed E-state index contributed by atoms with van der Waals surface area (Å²) < 4.78 is 50.3. The quantitative estimate of drug-likeness (QED) is 0.849. The molecule has 98 valence electrons. The predicted octanol–water partition coefficient (Wildman–Crippen LogP) is 1.48. The van der Waals surface area contributed by atoms with Crippen LogP contribution in [0.5, 0.6) is 0 Å². The highest BCUT2D eigenvalue weighted by Crippen LogP contribution is 2.50. The van der Waals surface area contributed by atoms with Gasteiger partial charge in [0.25, 0.3) is 0 Å². The van der Waals surface area contributed by atoms with Gasteiger partial charge < -0.3 is 5.11 Å². The van der Waals surface area contributed by atoms with Gasteiger partial charge in [0.15, 0.2) is 9.84 Å². The van der Waals surface area contributed by atoms with Gasteiger partial charge >= 0.3 is 5.97 Å². The van der Waals surface area contributed by atoms with E-state index in [0.717, 1.165) is 18.4 Å². The monoisotopic (exact) mass is 276 g/mol. The Labute approximate surface area is 102 Å². The van der Waals surface area contributed by atoms with E-state index in [1.54, 1.807) is 0 Å². The zero-order valence-electron chi connectivity index (χ0n) is 9.41. The summed E-state index contributed by atoms with van der Waals surface area (Å²) in [6, 6.07) is 1.60. The number of carboxylic acid groups (broad SMARTS) is 1. The standard InChI is InChI=1S/C11H10F2O4S/c1-18(16,17)7-3-2-6(12)8(9(7)13)11(4-5-11)10(14)15/h2-3H,4-5H2,1H3,(H,14,15). The number of benzene rings is 1. The number of carboxylic acids is 1. The molecular formula is C11H10F2O4S. The topological polar surface area (TPSA) is 71.4 Å². The molecule has 1 N–H and O–H groups in total. The number of sulfone groups is 1. The summed E-state index contributed by atoms with van der Waals surface area (Å²) in [5, 5.41) is 9.02. The van der Waals surface area contributed by atoms with Gasteiger partial charge in [-0.3, -0.25) is 4.79 Å². The summed E-state index contributed by atoms with van der Waals surface area (Å²) in [6.07, 6.45) is 0.986. The predicted molar refractivity (Wildman–Crippen MR) is 58.0 cm³/mol. The first-order valence-corrected chi connectivity index (χ1v) is 7.01. The molecule has 1 aliphatic carbocycles. The van der Waals surface area contributed by atoms with Gasteiger partial charge in [-0.2, -0.15) is 0 Å². The van der Waals surface area contributed by atoms with Crippen molar-refractivity contribution in [2.45, 2.75) is 23.2 Å². The number of hydrogen-bond donors (Lipinski definition) is 1. The van der Waals surface area contributed by atoms with Crippen LogP contribution in [0.1, 0.15) is 18.4 Å². The van der Waals surface area contributed by atoms with Crippen LogP contribution in [0.15, 0.2) is 17.0 Å². The molecule has 1 saturated carbocycles. The number of carbonyl (C=O) groups is 1. The molecule has 0 aliphatic heterocycles. The molecule has 0 aromatic heterocycles. The summed E-state index contributed by atoms with van der Waals surface area (Å²) in [5.74, 6) is -3.66. The Morgan fingerprint density at radius 1 is 1.33 bits per heavy atom. The molecule has 0 bridgehead atoms. The third-order valence-electron chi connectivity index (χ3n) is 3.09. The molecule has 0 saturated heterocycles. The van der Waals surface area contributed by atoms with Crippen LogP contribution >= 0.6 is 0 Å². The van der Waals surface area contributed by atoms with Gasteiger partial charge in [0, 0.05) is 11.8 Å². The van der Waals surface area contributed by atoms with Crippen LogP contribution in [0.3, 0.4) is 0 Å². The van der Waals surface area contributed by atoms with Crippen LogP contribution in [0, 0.1) is 11.6 Å². The second kappa shape index (κ2) is 3.74. The third kappa shape index (κ3) is 1.78. The maximum absolute atomic E-state index is 14.0. The zero-order chi connectivity index (χ0) is 13.7. The summed E-state index contributed by atoms with van der Waals surface area (Å²) in [4.78, 5) is 10.4. The van der Waals surface area contributed by atoms with Gasteiger partial charge in [-0.15, -0.1) is 0 Å². The molecule has 1 fully saturated rings. The Hall–Kier alpha value is -1.50. The Morgan fingerprint density at radius 3 is 2.28 bits per heavy atom. The molecule has 2 rings (SSSR count). The van der Waals surface area contributed by atoms with Crippen LogP contribution in [0.4, 0.5) is 8.78 Å². The Balaban J connectivity index is 2.73. The molecule has 4 nitrogen and oxygen atoms in total. The van der Waals surface area contributed by atoms with Gasteiger partial charge in [0.2, 0.25) is 0 Å². The smallest absolute Gasteiger partial charge is 0.314 e. The van der Waals surface area contributed by atoms with Crippen LogP contribution in [-0.2, 0) is 20.0 Å². The average molecular weight is 276 g/mol. The minimum Gasteiger partial charge on any atom is -0.481 e. The Bertz CT molecular complexity index is 633. The molecule has 1 aromatic rings. The van der Waals surface area contributed by atoms with Crippen molar-refractivity contribution in [2.24, 2.45) is 0 Å². The van der Waals surface area contributed by atoms with E-state index in [0.29, 0.717) is 0 Å². The molecule has 0 heterocycles. The van der Waals surface area contributed by atoms with E-state index in [4.69, 9.17) is 5.11 Å². The van der Waals surface area contributed by atoms with Gasteiger partial charge in [-0.05, 0) is 25.0 Å². The lowest BCUT2D eigenvalue weighted by atomic mass is 9.95. The van der Waals surface area contributed by atoms with Crippen molar-refractivity contribution < 1.29 is 27.1 Å². The van der Waals surface area contributed by atoms with Gasteiger partial charge in [-0.1, -0.05) is 0 Å². The Kier molecular flexibility index (Phi) is 2.69. The number of hydrogen-bond acceptors (Lipinski definition) is 3. The lowest BCUT2D eigenvalue weighted by molar-refractivity contribution is -0.140. The number of aliphatic carboxylic acids is 1. The molecule has 0 spiro atoms. The highest BCUT2D eigenvalue weighted by molar-refractivity contribution is 7.90. The highest BCUT2D eigenvalue weighted by Gasteiger charge is 2.55. The van der Waals surface area contributed by atoms with Crippen LogP contribution in [0.2, 0.25) is 0 Å². The summed E-state index contributed by atoms with van der Waals surface area (Å²) >= 11 is 0. The summed E-state index contributed by atoms with van der Waals surface area (Å²) in [7, 11) is -3.87. The minimum absolute atomic E-state index is 0.101. The lowest BCUT2D eigenvalue weighted by Gasteiger charge is -2.14. The summed E-state index contributed by atoms with van der Waals surface area (Å²) in [6.45, 7) is 0. The third-order valence-corrected chi connectivity index (χ3v) is 4.21. The molecule has 1 aliphatic rings. The SMILES string of the molecule is CS(=O)(=O)c1ccc(F)c(C2(C(=O)O)CC2)c1F. The highest BCUT2D eigenvalue weighted by atomic mass is 32.2. The maximum atomic E-state index is 14.0. The molecular weight excluding hydrogens is 266 g/mol. The normalized spacial score (nSPS) is 17.5. The molecule has 1 aromatic carbocycles. The second-order valence-corrected chi connectivity index (χ2v) is 6.38. The molecule has 0 radical (unpaired) electrons. The first-order valence-electron chi connectivity index (χ1n) is 5.12. The van der Waals surface area contributed by atoms with Crippen molar-refractivity contribution in [1.29, 1.82) is 0 Å². The van der Waals surface area contributed by atoms with Crippen LogP contribution < -0.4 is 0 Å². The van der Waals surface area contributed by atoms with Crippen LogP contribution in [0.25, 0.3) is 0 Å². The van der Waals surface area contributed by atoms with Gasteiger partial charge in [0.05, 0.1) is 5.41 Å². The first kappa shape index (κ1) is 12.9. The van der Waals surface area contributed by atoms with Crippen molar-refractivity contribution in [3.63, 3.8) is 0 Å². The van der Waals surface area contributed by atoms with E-state index in [1.807, 2.05) is 0 Å². The lowest BCUT2D eigenvalue weighted by Crippen LogP contribution is -2.23. The zero-order valence-corrected chi connectivity index (χ0v) is 10.2. The molecule has 0 unspecified atom stereocenters. The fraction of sp³-hybridized carbons (Fsp3) is 0.364. The van der Waals surface area contributed by atoms with Crippen molar-refractivity contribution in [2.75, 3.05) is 6.26 Å². The fourth-order valence-corrected chi connectivity index (χ4v) is 2.70. The largest absolute Gasteiger partial charge is 0.481 e. The van der Waals surface area contributed by atoms with E-state index in [9.17, 15) is 22.0 Å². The van der Waals surface area contributed by atoms with Crippen molar-refractivity contribution in [3.8, 4) is 0 Å². The van der Waals surface area contributed by atoms with Gasteiger partial charge in [0.1, 0.15) is 16.5 Å². The van der Waals surface area contributed by atoms with E-state index in [-0.39, 0.29) is 12.8 Å². The van der Waals surface area contributed by atoms with Crippen LogP contribution in [-0.4, -0.2) is 25.7 Å². The van der Waals surface area contributed by atoms with E-state index >= 15 is 0 Å². The van der Waals surface area contributed by atoms with E-state index in [1.165, 1.54) is 0 Å². The molecule has 18 heavy (non-hydrogen) atoms. The number of rotatable bonds is 3. The average Bonchev–Trinajstić information content (AvgIpc) is 2.96. The fourth-order valence-electron chi connectivity index (χ4n) is 1.95. The summed E-state index contributed by atoms with van der Waals surface area (Å²) in [5.41, 5.74) is -2.27. The van der Waals surface area contributed by atoms with Crippen molar-refractivity contribution >= 4 is 15.8 Å². The number of halogens is 2. The maximum Gasteiger partial charge on any atom is 0.314 e. The Morgan fingerprint density at radius 2 is 1.89 bits per heavy atom. The van der Waals surface area contributed by atoms with E-state index in [2.05, 4.69) is 0 Å². The molecule has 0 atom stereocenters. The van der Waals surface area contributed by atoms with E-state index < -0.39 is 43.3 Å². The second-order valence-electron chi connectivity index (χ2n) is 4.39. The molecule has 7 heteroatoms. The first-order chi connectivity index (χ1) is 8.20. The van der Waals surface area contributed by atoms with Gasteiger partial charge in [-0.25, -0.2) is 17.2 Å². The van der Waals surface area contributed by atoms with Crippen molar-refractivity contribution in [1.82, 2.24) is 0 Å². The molecule has 0 amide bonds.